The SMILES string of the molecule is COC(=O)C1c2cscc2C1C=O. The maximum absolute atomic E-state index is 11.2. The number of hydrogen-bond acceptors (Lipinski definition) is 4. The van der Waals surface area contributed by atoms with Gasteiger partial charge in [-0.3, -0.25) is 4.79 Å². The van der Waals surface area contributed by atoms with Crippen LogP contribution in [0.25, 0.3) is 0 Å². The molecule has 1 aromatic heterocycles. The summed E-state index contributed by atoms with van der Waals surface area (Å²) in [5.74, 6) is -0.958. The Morgan fingerprint density at radius 1 is 1.54 bits per heavy atom. The van der Waals surface area contributed by atoms with Crippen LogP contribution in [-0.4, -0.2) is 19.4 Å². The van der Waals surface area contributed by atoms with E-state index in [1.807, 2.05) is 10.8 Å². The van der Waals surface area contributed by atoms with Gasteiger partial charge in [0.25, 0.3) is 0 Å². The smallest absolute Gasteiger partial charge is 0.314 e. The first-order valence-electron chi connectivity index (χ1n) is 3.88. The van der Waals surface area contributed by atoms with E-state index in [0.29, 0.717) is 0 Å². The fraction of sp³-hybridized carbons (Fsp3) is 0.333. The van der Waals surface area contributed by atoms with Crippen LogP contribution < -0.4 is 0 Å². The van der Waals surface area contributed by atoms with Crippen molar-refractivity contribution < 1.29 is 14.3 Å². The Hall–Kier alpha value is -1.16. The van der Waals surface area contributed by atoms with Gasteiger partial charge in [0.1, 0.15) is 6.29 Å². The number of carbonyl (C=O) groups excluding carboxylic acids is 2. The molecule has 1 heterocycles. The minimum atomic E-state index is -0.358. The molecule has 2 atom stereocenters. The van der Waals surface area contributed by atoms with Crippen LogP contribution in [0.4, 0.5) is 0 Å². The summed E-state index contributed by atoms with van der Waals surface area (Å²) in [5.41, 5.74) is 1.93. The first kappa shape index (κ1) is 8.44. The lowest BCUT2D eigenvalue weighted by molar-refractivity contribution is -0.144. The molecule has 1 aliphatic rings. The topological polar surface area (TPSA) is 43.4 Å². The number of ether oxygens (including phenoxy) is 1. The van der Waals surface area contributed by atoms with Gasteiger partial charge in [0, 0.05) is 0 Å². The van der Waals surface area contributed by atoms with Crippen LogP contribution >= 0.6 is 11.3 Å². The van der Waals surface area contributed by atoms with Gasteiger partial charge in [-0.25, -0.2) is 0 Å². The van der Waals surface area contributed by atoms with Crippen molar-refractivity contribution >= 4 is 23.6 Å². The fourth-order valence-electron chi connectivity index (χ4n) is 1.67. The second-order valence-electron chi connectivity index (χ2n) is 2.95. The van der Waals surface area contributed by atoms with Gasteiger partial charge < -0.3 is 9.53 Å². The fourth-order valence-corrected chi connectivity index (χ4v) is 2.61. The maximum atomic E-state index is 11.2. The van der Waals surface area contributed by atoms with Crippen molar-refractivity contribution in [3.8, 4) is 0 Å². The predicted octanol–water partition coefficient (Wildman–Crippen LogP) is 1.30. The number of carbonyl (C=O) groups is 2. The van der Waals surface area contributed by atoms with Gasteiger partial charge in [-0.1, -0.05) is 0 Å². The van der Waals surface area contributed by atoms with Crippen molar-refractivity contribution in [2.45, 2.75) is 11.8 Å². The van der Waals surface area contributed by atoms with Crippen molar-refractivity contribution in [3.05, 3.63) is 21.9 Å². The van der Waals surface area contributed by atoms with E-state index < -0.39 is 0 Å². The molecular weight excluding hydrogens is 188 g/mol. The quantitative estimate of drug-likeness (QED) is 0.529. The molecule has 4 heteroatoms. The van der Waals surface area contributed by atoms with E-state index in [0.717, 1.165) is 17.4 Å². The molecule has 0 fully saturated rings. The molecule has 0 radical (unpaired) electrons. The Labute approximate surface area is 79.3 Å². The second-order valence-corrected chi connectivity index (χ2v) is 3.69. The summed E-state index contributed by atoms with van der Waals surface area (Å²) in [5, 5.41) is 3.81. The van der Waals surface area contributed by atoms with Crippen molar-refractivity contribution in [1.29, 1.82) is 0 Å². The van der Waals surface area contributed by atoms with Crippen molar-refractivity contribution in [1.82, 2.24) is 0 Å². The normalized spacial score (nSPS) is 24.4. The van der Waals surface area contributed by atoms with E-state index in [-0.39, 0.29) is 17.8 Å². The molecule has 3 nitrogen and oxygen atoms in total. The first-order valence-corrected chi connectivity index (χ1v) is 4.83. The summed E-state index contributed by atoms with van der Waals surface area (Å²) in [6.07, 6.45) is 0.816. The number of fused-ring (bicyclic) bond motifs is 1. The molecule has 0 aromatic carbocycles. The summed E-state index contributed by atoms with van der Waals surface area (Å²) in [6.45, 7) is 0. The van der Waals surface area contributed by atoms with E-state index in [2.05, 4.69) is 4.74 Å². The van der Waals surface area contributed by atoms with Crippen LogP contribution in [0.3, 0.4) is 0 Å². The van der Waals surface area contributed by atoms with Gasteiger partial charge in [0.2, 0.25) is 0 Å². The van der Waals surface area contributed by atoms with Gasteiger partial charge in [0.05, 0.1) is 18.9 Å². The summed E-state index contributed by atoms with van der Waals surface area (Å²) in [7, 11) is 1.34. The Kier molecular flexibility index (Phi) is 1.92. The monoisotopic (exact) mass is 196 g/mol. The molecule has 0 saturated heterocycles. The molecule has 0 amide bonds. The van der Waals surface area contributed by atoms with Crippen LogP contribution in [0.5, 0.6) is 0 Å². The lowest BCUT2D eigenvalue weighted by Crippen LogP contribution is -2.31. The van der Waals surface area contributed by atoms with Crippen LogP contribution in [0.2, 0.25) is 0 Å². The van der Waals surface area contributed by atoms with E-state index >= 15 is 0 Å². The zero-order valence-corrected chi connectivity index (χ0v) is 7.84. The second kappa shape index (κ2) is 2.96. The summed E-state index contributed by atoms with van der Waals surface area (Å²) >= 11 is 1.51. The Morgan fingerprint density at radius 3 is 2.85 bits per heavy atom. The van der Waals surface area contributed by atoms with Crippen molar-refractivity contribution in [2.75, 3.05) is 7.11 Å². The highest BCUT2D eigenvalue weighted by Gasteiger charge is 2.43. The van der Waals surface area contributed by atoms with E-state index in [1.54, 1.807) is 0 Å². The molecule has 13 heavy (non-hydrogen) atoms. The Morgan fingerprint density at radius 2 is 2.23 bits per heavy atom. The lowest BCUT2D eigenvalue weighted by Gasteiger charge is -2.30. The molecule has 0 saturated carbocycles. The molecule has 1 aliphatic carbocycles. The minimum Gasteiger partial charge on any atom is -0.469 e. The lowest BCUT2D eigenvalue weighted by atomic mass is 9.71. The van der Waals surface area contributed by atoms with Crippen LogP contribution in [-0.2, 0) is 14.3 Å². The molecule has 0 spiro atoms. The highest BCUT2D eigenvalue weighted by molar-refractivity contribution is 7.08. The number of thiophene rings is 1. The average Bonchev–Trinajstić information content (AvgIpc) is 2.50. The zero-order valence-electron chi connectivity index (χ0n) is 7.02. The Balaban J connectivity index is 2.34. The molecule has 1 aromatic rings. The van der Waals surface area contributed by atoms with Gasteiger partial charge >= 0.3 is 5.97 Å². The largest absolute Gasteiger partial charge is 0.469 e. The van der Waals surface area contributed by atoms with Gasteiger partial charge in [-0.15, -0.1) is 0 Å². The van der Waals surface area contributed by atoms with Crippen molar-refractivity contribution in [3.63, 3.8) is 0 Å². The summed E-state index contributed by atoms with van der Waals surface area (Å²) in [4.78, 5) is 21.9. The van der Waals surface area contributed by atoms with Crippen molar-refractivity contribution in [2.24, 2.45) is 0 Å². The van der Waals surface area contributed by atoms with E-state index in [4.69, 9.17) is 0 Å². The average molecular weight is 196 g/mol. The third-order valence-corrected chi connectivity index (χ3v) is 3.16. The van der Waals surface area contributed by atoms with Crippen LogP contribution in [0, 0.1) is 0 Å². The van der Waals surface area contributed by atoms with E-state index in [1.165, 1.54) is 18.4 Å². The van der Waals surface area contributed by atoms with Crippen LogP contribution in [0.15, 0.2) is 10.8 Å². The third kappa shape index (κ3) is 1.02. The van der Waals surface area contributed by atoms with Gasteiger partial charge in [-0.2, -0.15) is 11.3 Å². The molecule has 2 unspecified atom stereocenters. The predicted molar refractivity (Wildman–Crippen MR) is 47.9 cm³/mol. The molecule has 0 N–H and O–H groups in total. The number of esters is 1. The Bertz CT molecular complexity index is 355. The number of methoxy groups -OCH3 is 1. The number of hydrogen-bond donors (Lipinski definition) is 0. The third-order valence-electron chi connectivity index (χ3n) is 2.38. The first-order chi connectivity index (χ1) is 6.29. The van der Waals surface area contributed by atoms with Gasteiger partial charge in [-0.05, 0) is 21.9 Å². The van der Waals surface area contributed by atoms with E-state index in [9.17, 15) is 9.59 Å². The molecule has 0 bridgehead atoms. The molecule has 68 valence electrons. The van der Waals surface area contributed by atoms with Gasteiger partial charge in [0.15, 0.2) is 0 Å². The van der Waals surface area contributed by atoms with Crippen LogP contribution in [0.1, 0.15) is 23.0 Å². The zero-order chi connectivity index (χ0) is 9.42. The molecular formula is C9H8O3S. The highest BCUT2D eigenvalue weighted by Crippen LogP contribution is 2.47. The molecule has 0 aliphatic heterocycles. The molecule has 2 rings (SSSR count). The highest BCUT2D eigenvalue weighted by atomic mass is 32.1. The number of aldehydes is 1. The minimum absolute atomic E-state index is 0.284. The summed E-state index contributed by atoms with van der Waals surface area (Å²) in [6, 6.07) is 0. The standard InChI is InChI=1S/C9H8O3S/c1-12-9(11)8-5(2-10)6-3-13-4-7(6)8/h2-5,8H,1H3. The number of rotatable bonds is 2. The maximum Gasteiger partial charge on any atom is 0.314 e. The summed E-state index contributed by atoms with van der Waals surface area (Å²) < 4.78 is 4.62.